The van der Waals surface area contributed by atoms with Crippen LogP contribution < -0.4 is 15.6 Å². The Kier molecular flexibility index (Phi) is 7.07. The summed E-state index contributed by atoms with van der Waals surface area (Å²) in [6, 6.07) is 9.31. The molecule has 128 valence electrons. The molecule has 1 heterocycles. The quantitative estimate of drug-likeness (QED) is 0.738. The lowest BCUT2D eigenvalue weighted by atomic mass is 10.3. The fourth-order valence-electron chi connectivity index (χ4n) is 1.68. The first-order chi connectivity index (χ1) is 11.5. The second kappa shape index (κ2) is 9.29. The van der Waals surface area contributed by atoms with Gasteiger partial charge < -0.3 is 4.74 Å². The monoisotopic (exact) mass is 368 g/mol. The first-order valence-corrected chi connectivity index (χ1v) is 9.19. The molecular formula is C16H17FN2O3S2. The summed E-state index contributed by atoms with van der Waals surface area (Å²) in [5.74, 6) is 0.201. The average Bonchev–Trinajstić information content (AvgIpc) is 3.08. The number of thioether (sulfide) groups is 1. The number of hydrogen-bond acceptors (Lipinski definition) is 5. The number of nitrogens with one attached hydrogen (secondary N) is 2. The van der Waals surface area contributed by atoms with Gasteiger partial charge in [-0.05, 0) is 42.6 Å². The Bertz CT molecular complexity index is 662. The number of carbonyl (C=O) groups is 2. The molecule has 2 amide bonds. The summed E-state index contributed by atoms with van der Waals surface area (Å²) in [5, 5.41) is 1.98. The van der Waals surface area contributed by atoms with Gasteiger partial charge in [-0.25, -0.2) is 4.39 Å². The largest absolute Gasteiger partial charge is 0.481 e. The number of thiophene rings is 1. The van der Waals surface area contributed by atoms with E-state index in [1.807, 2.05) is 17.5 Å². The van der Waals surface area contributed by atoms with Crippen molar-refractivity contribution in [3.8, 4) is 5.75 Å². The van der Waals surface area contributed by atoms with Gasteiger partial charge in [0.1, 0.15) is 11.6 Å². The molecule has 0 fully saturated rings. The van der Waals surface area contributed by atoms with Crippen LogP contribution in [0.15, 0.2) is 41.8 Å². The fraction of sp³-hybridized carbons (Fsp3) is 0.250. The number of carbonyl (C=O) groups excluding carboxylic acids is 2. The van der Waals surface area contributed by atoms with Gasteiger partial charge in [0.15, 0.2) is 6.10 Å². The van der Waals surface area contributed by atoms with E-state index < -0.39 is 12.0 Å². The third kappa shape index (κ3) is 6.21. The maximum Gasteiger partial charge on any atom is 0.279 e. The number of benzene rings is 1. The number of amides is 2. The lowest BCUT2D eigenvalue weighted by Gasteiger charge is -2.15. The van der Waals surface area contributed by atoms with E-state index in [1.54, 1.807) is 11.3 Å². The van der Waals surface area contributed by atoms with Gasteiger partial charge >= 0.3 is 0 Å². The molecule has 8 heteroatoms. The molecule has 24 heavy (non-hydrogen) atoms. The third-order valence-corrected chi connectivity index (χ3v) is 4.92. The molecule has 0 aliphatic carbocycles. The van der Waals surface area contributed by atoms with Crippen LogP contribution in [0.3, 0.4) is 0 Å². The zero-order valence-electron chi connectivity index (χ0n) is 13.0. The number of halogens is 1. The van der Waals surface area contributed by atoms with E-state index in [4.69, 9.17) is 4.74 Å². The van der Waals surface area contributed by atoms with Crippen LogP contribution in [0.2, 0.25) is 0 Å². The van der Waals surface area contributed by atoms with Crippen LogP contribution in [0.25, 0.3) is 0 Å². The second-order valence-corrected chi connectivity index (χ2v) is 6.84. The van der Waals surface area contributed by atoms with E-state index in [0.29, 0.717) is 5.75 Å². The van der Waals surface area contributed by atoms with Gasteiger partial charge in [-0.3, -0.25) is 20.4 Å². The molecule has 1 aromatic heterocycles. The summed E-state index contributed by atoms with van der Waals surface area (Å²) >= 11 is 3.10. The van der Waals surface area contributed by atoms with E-state index in [9.17, 15) is 14.0 Å². The van der Waals surface area contributed by atoms with Crippen LogP contribution in [0, 0.1) is 5.82 Å². The normalized spacial score (nSPS) is 11.6. The van der Waals surface area contributed by atoms with Crippen LogP contribution in [-0.4, -0.2) is 23.7 Å². The molecule has 2 rings (SSSR count). The lowest BCUT2D eigenvalue weighted by molar-refractivity contribution is -0.131. The van der Waals surface area contributed by atoms with Crippen molar-refractivity contribution in [1.29, 1.82) is 0 Å². The molecule has 2 aromatic rings. The van der Waals surface area contributed by atoms with Crippen LogP contribution in [-0.2, 0) is 15.3 Å². The smallest absolute Gasteiger partial charge is 0.279 e. The molecule has 5 nitrogen and oxygen atoms in total. The van der Waals surface area contributed by atoms with E-state index in [-0.39, 0.29) is 17.5 Å². The lowest BCUT2D eigenvalue weighted by Crippen LogP contribution is -2.47. The summed E-state index contributed by atoms with van der Waals surface area (Å²) < 4.78 is 18.2. The molecule has 1 aromatic carbocycles. The van der Waals surface area contributed by atoms with Crippen molar-refractivity contribution in [2.75, 3.05) is 5.75 Å². The van der Waals surface area contributed by atoms with Crippen LogP contribution >= 0.6 is 23.1 Å². The minimum atomic E-state index is -0.825. The van der Waals surface area contributed by atoms with Crippen LogP contribution in [0.4, 0.5) is 4.39 Å². The summed E-state index contributed by atoms with van der Waals surface area (Å²) in [7, 11) is 0. The molecule has 0 radical (unpaired) electrons. The van der Waals surface area contributed by atoms with Gasteiger partial charge in [-0.1, -0.05) is 6.07 Å². The molecule has 0 unspecified atom stereocenters. The molecule has 0 aliphatic heterocycles. The molecular weight excluding hydrogens is 351 g/mol. The maximum absolute atomic E-state index is 12.8. The Hall–Kier alpha value is -2.06. The van der Waals surface area contributed by atoms with Crippen molar-refractivity contribution in [2.45, 2.75) is 18.8 Å². The zero-order chi connectivity index (χ0) is 17.4. The molecule has 0 spiro atoms. The highest BCUT2D eigenvalue weighted by atomic mass is 32.2. The average molecular weight is 368 g/mol. The van der Waals surface area contributed by atoms with Gasteiger partial charge in [0.2, 0.25) is 5.91 Å². The molecule has 2 N–H and O–H groups in total. The van der Waals surface area contributed by atoms with Crippen molar-refractivity contribution in [1.82, 2.24) is 10.9 Å². The van der Waals surface area contributed by atoms with E-state index >= 15 is 0 Å². The Morgan fingerprint density at radius 2 is 2.00 bits per heavy atom. The van der Waals surface area contributed by atoms with Gasteiger partial charge in [-0.2, -0.15) is 0 Å². The summed E-state index contributed by atoms with van der Waals surface area (Å²) in [5.41, 5.74) is 4.65. The standard InChI is InChI=1S/C16H17FN2O3S2/c1-11(22-13-6-4-12(17)5-7-13)16(21)19-18-15(20)10-23-9-14-3-2-8-24-14/h2-8,11H,9-10H2,1H3,(H,18,20)(H,19,21)/t11-/m1/s1. The predicted octanol–water partition coefficient (Wildman–Crippen LogP) is 2.74. The number of ether oxygens (including phenoxy) is 1. The van der Waals surface area contributed by atoms with Gasteiger partial charge in [-0.15, -0.1) is 23.1 Å². The molecule has 1 atom stereocenters. The number of rotatable bonds is 7. The SMILES string of the molecule is C[C@@H](Oc1ccc(F)cc1)C(=O)NNC(=O)CSCc1cccs1. The van der Waals surface area contributed by atoms with Gasteiger partial charge in [0.05, 0.1) is 5.75 Å². The third-order valence-electron chi connectivity index (χ3n) is 2.88. The number of hydrogen-bond donors (Lipinski definition) is 2. The molecule has 0 saturated heterocycles. The Morgan fingerprint density at radius 1 is 1.25 bits per heavy atom. The number of hydrazine groups is 1. The zero-order valence-corrected chi connectivity index (χ0v) is 14.6. The van der Waals surface area contributed by atoms with E-state index in [1.165, 1.54) is 47.8 Å². The maximum atomic E-state index is 12.8. The van der Waals surface area contributed by atoms with E-state index in [0.717, 1.165) is 5.75 Å². The van der Waals surface area contributed by atoms with Gasteiger partial charge in [0, 0.05) is 10.6 Å². The molecule has 0 aliphatic rings. The van der Waals surface area contributed by atoms with Crippen molar-refractivity contribution >= 4 is 34.9 Å². The Morgan fingerprint density at radius 3 is 2.67 bits per heavy atom. The van der Waals surface area contributed by atoms with Crippen LogP contribution in [0.5, 0.6) is 5.75 Å². The minimum absolute atomic E-state index is 0.241. The topological polar surface area (TPSA) is 67.4 Å². The summed E-state index contributed by atoms with van der Waals surface area (Å²) in [6.07, 6.45) is -0.825. The highest BCUT2D eigenvalue weighted by Crippen LogP contribution is 2.16. The van der Waals surface area contributed by atoms with Crippen molar-refractivity contribution in [3.05, 3.63) is 52.5 Å². The Balaban J connectivity index is 1.65. The molecule has 0 bridgehead atoms. The summed E-state index contributed by atoms with van der Waals surface area (Å²) in [6.45, 7) is 1.54. The van der Waals surface area contributed by atoms with Crippen molar-refractivity contribution in [3.63, 3.8) is 0 Å². The van der Waals surface area contributed by atoms with Gasteiger partial charge in [0.25, 0.3) is 5.91 Å². The molecule has 0 saturated carbocycles. The predicted molar refractivity (Wildman–Crippen MR) is 93.3 cm³/mol. The minimum Gasteiger partial charge on any atom is -0.481 e. The second-order valence-electron chi connectivity index (χ2n) is 4.82. The highest BCUT2D eigenvalue weighted by Gasteiger charge is 2.15. The van der Waals surface area contributed by atoms with Crippen LogP contribution in [0.1, 0.15) is 11.8 Å². The summed E-state index contributed by atoms with van der Waals surface area (Å²) in [4.78, 5) is 24.7. The van der Waals surface area contributed by atoms with Crippen molar-refractivity contribution in [2.24, 2.45) is 0 Å². The first-order valence-electron chi connectivity index (χ1n) is 7.15. The fourth-order valence-corrected chi connectivity index (χ4v) is 3.35. The van der Waals surface area contributed by atoms with E-state index in [2.05, 4.69) is 10.9 Å². The first kappa shape index (κ1) is 18.3. The highest BCUT2D eigenvalue weighted by molar-refractivity contribution is 7.99. The Labute approximate surface area is 147 Å². The van der Waals surface area contributed by atoms with Crippen molar-refractivity contribution < 1.29 is 18.7 Å².